The molecule has 2 aromatic rings. The van der Waals surface area contributed by atoms with E-state index in [9.17, 15) is 9.59 Å². The molecular formula is C16H15ClN2O2S2. The molecule has 1 aromatic heterocycles. The van der Waals surface area contributed by atoms with Crippen LogP contribution < -0.4 is 5.32 Å². The first-order valence-corrected chi connectivity index (χ1v) is 9.46. The molecule has 3 rings (SSSR count). The quantitative estimate of drug-likeness (QED) is 0.903. The fourth-order valence-electron chi connectivity index (χ4n) is 2.35. The van der Waals surface area contributed by atoms with Crippen molar-refractivity contribution in [1.82, 2.24) is 10.2 Å². The van der Waals surface area contributed by atoms with Gasteiger partial charge < -0.3 is 10.2 Å². The van der Waals surface area contributed by atoms with Crippen LogP contribution in [0.4, 0.5) is 0 Å². The summed E-state index contributed by atoms with van der Waals surface area (Å²) in [5.74, 6) is 0.936. The molecule has 1 N–H and O–H groups in total. The van der Waals surface area contributed by atoms with E-state index in [-0.39, 0.29) is 11.8 Å². The van der Waals surface area contributed by atoms with Crippen molar-refractivity contribution in [2.45, 2.75) is 12.6 Å². The van der Waals surface area contributed by atoms with Crippen LogP contribution in [0, 0.1) is 0 Å². The van der Waals surface area contributed by atoms with Crippen molar-refractivity contribution in [3.63, 3.8) is 0 Å². The molecule has 0 radical (unpaired) electrons. The number of thioether (sulfide) groups is 1. The lowest BCUT2D eigenvalue weighted by Gasteiger charge is -2.23. The minimum Gasteiger partial charge on any atom is -0.349 e. The number of amides is 2. The summed E-state index contributed by atoms with van der Waals surface area (Å²) in [4.78, 5) is 27.6. The number of benzene rings is 1. The zero-order chi connectivity index (χ0) is 16.2. The molecule has 0 bridgehead atoms. The molecule has 2 amide bonds. The van der Waals surface area contributed by atoms with E-state index in [2.05, 4.69) is 5.32 Å². The van der Waals surface area contributed by atoms with Gasteiger partial charge in [0, 0.05) is 16.2 Å². The summed E-state index contributed by atoms with van der Waals surface area (Å²) in [5.41, 5.74) is 0.609. The third-order valence-corrected chi connectivity index (χ3v) is 5.78. The zero-order valence-electron chi connectivity index (χ0n) is 12.2. The summed E-state index contributed by atoms with van der Waals surface area (Å²) in [6, 6.07) is 12.3. The number of carbonyl (C=O) groups excluding carboxylic acids is 2. The van der Waals surface area contributed by atoms with Crippen molar-refractivity contribution in [3.8, 4) is 0 Å². The molecule has 4 nitrogen and oxygen atoms in total. The highest BCUT2D eigenvalue weighted by Crippen LogP contribution is 2.24. The minimum atomic E-state index is -0.428. The van der Waals surface area contributed by atoms with Crippen LogP contribution in [0.1, 0.15) is 15.2 Å². The van der Waals surface area contributed by atoms with E-state index in [0.29, 0.717) is 28.1 Å². The molecule has 1 aliphatic rings. The molecular weight excluding hydrogens is 352 g/mol. The molecule has 0 aliphatic carbocycles. The Morgan fingerprint density at radius 2 is 2.00 bits per heavy atom. The maximum atomic E-state index is 12.6. The van der Waals surface area contributed by atoms with Crippen LogP contribution in [-0.4, -0.2) is 34.4 Å². The van der Waals surface area contributed by atoms with Gasteiger partial charge >= 0.3 is 0 Å². The number of carbonyl (C=O) groups is 2. The van der Waals surface area contributed by atoms with Gasteiger partial charge in [-0.3, -0.25) is 9.59 Å². The summed E-state index contributed by atoms with van der Waals surface area (Å²) in [6.07, 6.45) is 0. The molecule has 1 unspecified atom stereocenters. The highest BCUT2D eigenvalue weighted by Gasteiger charge is 2.34. The monoisotopic (exact) mass is 366 g/mol. The van der Waals surface area contributed by atoms with Crippen LogP contribution in [0.5, 0.6) is 0 Å². The molecule has 120 valence electrons. The van der Waals surface area contributed by atoms with Gasteiger partial charge in [-0.05, 0) is 24.3 Å². The summed E-state index contributed by atoms with van der Waals surface area (Å²) in [5, 5.41) is 2.90. The van der Waals surface area contributed by atoms with Gasteiger partial charge in [-0.25, -0.2) is 0 Å². The number of halogens is 1. The van der Waals surface area contributed by atoms with Gasteiger partial charge in [0.15, 0.2) is 0 Å². The lowest BCUT2D eigenvalue weighted by Crippen LogP contribution is -2.47. The molecule has 7 heteroatoms. The Bertz CT molecular complexity index is 705. The van der Waals surface area contributed by atoms with E-state index < -0.39 is 6.04 Å². The molecule has 1 saturated heterocycles. The molecule has 0 spiro atoms. The Hall–Kier alpha value is -1.50. The van der Waals surface area contributed by atoms with E-state index in [1.54, 1.807) is 28.8 Å². The van der Waals surface area contributed by atoms with Crippen LogP contribution in [0.3, 0.4) is 0 Å². The van der Waals surface area contributed by atoms with Crippen molar-refractivity contribution in [1.29, 1.82) is 0 Å². The van der Waals surface area contributed by atoms with Crippen molar-refractivity contribution >= 4 is 46.5 Å². The van der Waals surface area contributed by atoms with Crippen LogP contribution in [0.2, 0.25) is 4.34 Å². The molecule has 1 fully saturated rings. The molecule has 2 heterocycles. The predicted octanol–water partition coefficient (Wildman–Crippen LogP) is 3.23. The highest BCUT2D eigenvalue weighted by atomic mass is 35.5. The average molecular weight is 367 g/mol. The number of nitrogens with one attached hydrogen (secondary N) is 1. The Kier molecular flexibility index (Phi) is 5.25. The molecule has 1 aromatic carbocycles. The van der Waals surface area contributed by atoms with Crippen LogP contribution in [0.25, 0.3) is 0 Å². The smallest absolute Gasteiger partial charge is 0.255 e. The first kappa shape index (κ1) is 16.4. The lowest BCUT2D eigenvalue weighted by molar-refractivity contribution is -0.124. The first-order chi connectivity index (χ1) is 11.1. The normalized spacial score (nSPS) is 17.3. The minimum absolute atomic E-state index is 0.102. The van der Waals surface area contributed by atoms with Crippen molar-refractivity contribution in [3.05, 3.63) is 57.2 Å². The first-order valence-electron chi connectivity index (χ1n) is 7.11. The maximum Gasteiger partial charge on any atom is 0.255 e. The van der Waals surface area contributed by atoms with Gasteiger partial charge in [-0.2, -0.15) is 0 Å². The Morgan fingerprint density at radius 1 is 1.22 bits per heavy atom. The average Bonchev–Trinajstić information content (AvgIpc) is 3.21. The van der Waals surface area contributed by atoms with Gasteiger partial charge in [0.05, 0.1) is 16.8 Å². The fourth-order valence-corrected chi connectivity index (χ4v) is 4.53. The largest absolute Gasteiger partial charge is 0.349 e. The second kappa shape index (κ2) is 7.38. The van der Waals surface area contributed by atoms with Crippen LogP contribution >= 0.6 is 34.7 Å². The summed E-state index contributed by atoms with van der Waals surface area (Å²) in [7, 11) is 0. The molecule has 0 saturated carbocycles. The summed E-state index contributed by atoms with van der Waals surface area (Å²) < 4.78 is 0.701. The summed E-state index contributed by atoms with van der Waals surface area (Å²) in [6.45, 7) is 0.435. The van der Waals surface area contributed by atoms with Gasteiger partial charge in [-0.15, -0.1) is 23.1 Å². The molecule has 23 heavy (non-hydrogen) atoms. The number of hydrogen-bond donors (Lipinski definition) is 1. The van der Waals surface area contributed by atoms with E-state index >= 15 is 0 Å². The number of nitrogens with zero attached hydrogens (tertiary/aromatic N) is 1. The Labute approximate surface area is 147 Å². The van der Waals surface area contributed by atoms with Crippen LogP contribution in [-0.2, 0) is 11.3 Å². The van der Waals surface area contributed by atoms with E-state index in [1.807, 2.05) is 30.3 Å². The van der Waals surface area contributed by atoms with Gasteiger partial charge in [0.25, 0.3) is 5.91 Å². The number of rotatable bonds is 4. The second-order valence-electron chi connectivity index (χ2n) is 5.08. The van der Waals surface area contributed by atoms with Crippen molar-refractivity contribution in [2.24, 2.45) is 0 Å². The lowest BCUT2D eigenvalue weighted by atomic mass is 10.1. The Morgan fingerprint density at radius 3 is 2.70 bits per heavy atom. The second-order valence-corrected chi connectivity index (χ2v) is 7.88. The Balaban J connectivity index is 1.64. The summed E-state index contributed by atoms with van der Waals surface area (Å²) >= 11 is 8.92. The SMILES string of the molecule is O=C(NCc1ccc(Cl)s1)C1CSCN1C(=O)c1ccccc1. The predicted molar refractivity (Wildman–Crippen MR) is 94.9 cm³/mol. The van der Waals surface area contributed by atoms with Gasteiger partial charge in [0.2, 0.25) is 5.91 Å². The van der Waals surface area contributed by atoms with E-state index in [0.717, 1.165) is 4.88 Å². The standard InChI is InChI=1S/C16H15ClN2O2S2/c17-14-7-6-12(23-14)8-18-15(20)13-9-22-10-19(13)16(21)11-4-2-1-3-5-11/h1-7,13H,8-10H2,(H,18,20). The van der Waals surface area contributed by atoms with E-state index in [4.69, 9.17) is 11.6 Å². The third-order valence-electron chi connectivity index (χ3n) is 3.53. The molecule has 1 atom stereocenters. The van der Waals surface area contributed by atoms with Crippen molar-refractivity contribution < 1.29 is 9.59 Å². The number of thiophene rings is 1. The van der Waals surface area contributed by atoms with Gasteiger partial charge in [0.1, 0.15) is 6.04 Å². The van der Waals surface area contributed by atoms with Gasteiger partial charge in [-0.1, -0.05) is 29.8 Å². The van der Waals surface area contributed by atoms with Crippen molar-refractivity contribution in [2.75, 3.05) is 11.6 Å². The van der Waals surface area contributed by atoms with Crippen LogP contribution in [0.15, 0.2) is 42.5 Å². The van der Waals surface area contributed by atoms with E-state index in [1.165, 1.54) is 11.3 Å². The fraction of sp³-hybridized carbons (Fsp3) is 0.250. The molecule has 1 aliphatic heterocycles. The highest BCUT2D eigenvalue weighted by molar-refractivity contribution is 7.99. The number of hydrogen-bond acceptors (Lipinski definition) is 4. The third kappa shape index (κ3) is 3.88. The maximum absolute atomic E-state index is 12.6. The topological polar surface area (TPSA) is 49.4 Å². The zero-order valence-corrected chi connectivity index (χ0v) is 14.6.